The van der Waals surface area contributed by atoms with Crippen molar-refractivity contribution in [3.05, 3.63) is 33.3 Å². The van der Waals surface area contributed by atoms with Gasteiger partial charge in [-0.3, -0.25) is 0 Å². The largest absolute Gasteiger partial charge is 0.496 e. The number of methoxy groups -OCH3 is 1. The maximum Gasteiger partial charge on any atom is 0.141 e. The van der Waals surface area contributed by atoms with Crippen molar-refractivity contribution in [2.24, 2.45) is 0 Å². The summed E-state index contributed by atoms with van der Waals surface area (Å²) in [5.41, 5.74) is 0.0521. The van der Waals surface area contributed by atoms with Crippen LogP contribution in [0.4, 0.5) is 0 Å². The minimum Gasteiger partial charge on any atom is -0.496 e. The van der Waals surface area contributed by atoms with Crippen LogP contribution in [0.5, 0.6) is 5.75 Å². The van der Waals surface area contributed by atoms with Crippen molar-refractivity contribution >= 4 is 29.3 Å². The summed E-state index contributed by atoms with van der Waals surface area (Å²) < 4.78 is 5.15. The van der Waals surface area contributed by atoms with Crippen molar-refractivity contribution in [1.82, 2.24) is 0 Å². The number of terminal acetylenes is 1. The van der Waals surface area contributed by atoms with Crippen LogP contribution in [-0.4, -0.2) is 17.8 Å². The molecule has 4 heteroatoms. The Balaban J connectivity index is 3.28. The molecule has 1 unspecified atom stereocenters. The van der Waals surface area contributed by atoms with Gasteiger partial charge in [-0.25, -0.2) is 0 Å². The molecular formula is C14H14Cl2O2. The lowest BCUT2D eigenvalue weighted by Gasteiger charge is -2.13. The maximum absolute atomic E-state index is 9.70. The number of benzene rings is 1. The summed E-state index contributed by atoms with van der Waals surface area (Å²) in [7, 11) is 1.55. The van der Waals surface area contributed by atoms with Gasteiger partial charge in [0.1, 0.15) is 11.4 Å². The Morgan fingerprint density at radius 3 is 2.61 bits per heavy atom. The monoisotopic (exact) mass is 284 g/mol. The molecule has 0 bridgehead atoms. The Bertz CT molecular complexity index is 526. The summed E-state index contributed by atoms with van der Waals surface area (Å²) in [6.45, 7) is 3.33. The second-order valence-corrected chi connectivity index (χ2v) is 4.82. The zero-order valence-electron chi connectivity index (χ0n) is 10.4. The molecule has 1 N–H and O–H groups in total. The van der Waals surface area contributed by atoms with Gasteiger partial charge >= 0.3 is 0 Å². The van der Waals surface area contributed by atoms with Crippen LogP contribution in [0.1, 0.15) is 18.1 Å². The normalized spacial score (nSPS) is 14.3. The van der Waals surface area contributed by atoms with Crippen molar-refractivity contribution < 1.29 is 9.84 Å². The van der Waals surface area contributed by atoms with E-state index in [9.17, 15) is 5.11 Å². The molecule has 0 saturated heterocycles. The van der Waals surface area contributed by atoms with E-state index in [0.717, 1.165) is 5.56 Å². The molecule has 0 radical (unpaired) electrons. The smallest absolute Gasteiger partial charge is 0.141 e. The van der Waals surface area contributed by atoms with Crippen LogP contribution in [0.3, 0.4) is 0 Å². The second-order valence-electron chi connectivity index (χ2n) is 4.04. The Kier molecular flexibility index (Phi) is 4.70. The third-order valence-electron chi connectivity index (χ3n) is 2.54. The molecule has 0 aliphatic heterocycles. The molecule has 1 aromatic rings. The molecule has 1 rings (SSSR count). The molecule has 0 aliphatic carbocycles. The molecule has 0 amide bonds. The fourth-order valence-corrected chi connectivity index (χ4v) is 1.94. The molecule has 0 fully saturated rings. The summed E-state index contributed by atoms with van der Waals surface area (Å²) in [4.78, 5) is 0. The zero-order valence-corrected chi connectivity index (χ0v) is 11.9. The predicted octanol–water partition coefficient (Wildman–Crippen LogP) is 3.71. The lowest BCUT2D eigenvalue weighted by molar-refractivity contribution is 0.175. The maximum atomic E-state index is 9.70. The molecule has 18 heavy (non-hydrogen) atoms. The standard InChI is InChI=1S/C14H14Cl2O2/c1-5-14(3,17)7-6-10-11(15)8-12(18-4)9(2)13(10)16/h1,6-8,17H,2-4H3/b7-6+. The summed E-state index contributed by atoms with van der Waals surface area (Å²) in [5, 5.41) is 10.6. The molecule has 96 valence electrons. The average molecular weight is 285 g/mol. The van der Waals surface area contributed by atoms with Crippen LogP contribution < -0.4 is 4.74 Å². The summed E-state index contributed by atoms with van der Waals surface area (Å²) in [6, 6.07) is 1.67. The lowest BCUT2D eigenvalue weighted by atomic mass is 10.0. The molecule has 0 aliphatic rings. The first kappa shape index (κ1) is 14.9. The minimum atomic E-state index is -1.33. The van der Waals surface area contributed by atoms with Crippen LogP contribution in [0.2, 0.25) is 10.0 Å². The van der Waals surface area contributed by atoms with Crippen molar-refractivity contribution in [3.8, 4) is 18.1 Å². The predicted molar refractivity (Wildman–Crippen MR) is 76.2 cm³/mol. The van der Waals surface area contributed by atoms with E-state index in [1.54, 1.807) is 19.3 Å². The lowest BCUT2D eigenvalue weighted by Crippen LogP contribution is -2.16. The highest BCUT2D eigenvalue weighted by atomic mass is 35.5. The number of hydrogen-bond donors (Lipinski definition) is 1. The fraction of sp³-hybridized carbons (Fsp3) is 0.286. The highest BCUT2D eigenvalue weighted by molar-refractivity contribution is 6.37. The van der Waals surface area contributed by atoms with E-state index in [0.29, 0.717) is 21.4 Å². The van der Waals surface area contributed by atoms with Crippen LogP contribution in [0.25, 0.3) is 6.08 Å². The van der Waals surface area contributed by atoms with E-state index in [2.05, 4.69) is 5.92 Å². The Morgan fingerprint density at radius 1 is 1.50 bits per heavy atom. The Morgan fingerprint density at radius 2 is 2.11 bits per heavy atom. The molecule has 0 aromatic heterocycles. The number of halogens is 2. The van der Waals surface area contributed by atoms with Gasteiger partial charge in [-0.15, -0.1) is 6.42 Å². The first-order valence-electron chi connectivity index (χ1n) is 5.24. The topological polar surface area (TPSA) is 29.5 Å². The molecular weight excluding hydrogens is 271 g/mol. The van der Waals surface area contributed by atoms with Gasteiger partial charge in [0, 0.05) is 11.1 Å². The van der Waals surface area contributed by atoms with Gasteiger partial charge < -0.3 is 9.84 Å². The summed E-state index contributed by atoms with van der Waals surface area (Å²) in [5.74, 6) is 2.86. The molecule has 0 spiro atoms. The zero-order chi connectivity index (χ0) is 13.9. The molecule has 2 nitrogen and oxygen atoms in total. The van der Waals surface area contributed by atoms with E-state index in [1.165, 1.54) is 13.0 Å². The molecule has 1 atom stereocenters. The van der Waals surface area contributed by atoms with E-state index in [1.807, 2.05) is 6.92 Å². The van der Waals surface area contributed by atoms with Crippen molar-refractivity contribution in [2.75, 3.05) is 7.11 Å². The first-order chi connectivity index (χ1) is 8.32. The van der Waals surface area contributed by atoms with E-state index < -0.39 is 5.60 Å². The third-order valence-corrected chi connectivity index (χ3v) is 3.34. The van der Waals surface area contributed by atoms with Crippen molar-refractivity contribution in [1.29, 1.82) is 0 Å². The average Bonchev–Trinajstić information content (AvgIpc) is 2.33. The molecule has 0 heterocycles. The van der Waals surface area contributed by atoms with Gasteiger partial charge in [-0.05, 0) is 26.0 Å². The quantitative estimate of drug-likeness (QED) is 0.858. The van der Waals surface area contributed by atoms with Crippen LogP contribution in [-0.2, 0) is 0 Å². The third kappa shape index (κ3) is 3.20. The highest BCUT2D eigenvalue weighted by Crippen LogP contribution is 2.35. The molecule has 1 aromatic carbocycles. The van der Waals surface area contributed by atoms with Crippen LogP contribution in [0.15, 0.2) is 12.1 Å². The van der Waals surface area contributed by atoms with Crippen molar-refractivity contribution in [3.63, 3.8) is 0 Å². The number of aliphatic hydroxyl groups is 1. The van der Waals surface area contributed by atoms with Gasteiger partial charge in [0.05, 0.1) is 17.2 Å². The fourth-order valence-electron chi connectivity index (χ4n) is 1.37. The van der Waals surface area contributed by atoms with Crippen molar-refractivity contribution in [2.45, 2.75) is 19.4 Å². The van der Waals surface area contributed by atoms with Crippen LogP contribution in [0, 0.1) is 19.3 Å². The van der Waals surface area contributed by atoms with E-state index in [4.69, 9.17) is 34.4 Å². The van der Waals surface area contributed by atoms with Gasteiger partial charge in [0.15, 0.2) is 0 Å². The second kappa shape index (κ2) is 5.67. The van der Waals surface area contributed by atoms with Gasteiger partial charge in [0.25, 0.3) is 0 Å². The summed E-state index contributed by atoms with van der Waals surface area (Å²) >= 11 is 12.3. The number of ether oxygens (including phenoxy) is 1. The number of hydrogen-bond acceptors (Lipinski definition) is 2. The van der Waals surface area contributed by atoms with Crippen LogP contribution >= 0.6 is 23.2 Å². The summed E-state index contributed by atoms with van der Waals surface area (Å²) in [6.07, 6.45) is 8.26. The molecule has 0 saturated carbocycles. The van der Waals surface area contributed by atoms with Gasteiger partial charge in [0.2, 0.25) is 0 Å². The van der Waals surface area contributed by atoms with Gasteiger partial charge in [-0.1, -0.05) is 35.2 Å². The van der Waals surface area contributed by atoms with E-state index in [-0.39, 0.29) is 0 Å². The number of rotatable bonds is 3. The minimum absolute atomic E-state index is 0.437. The van der Waals surface area contributed by atoms with Gasteiger partial charge in [-0.2, -0.15) is 0 Å². The highest BCUT2D eigenvalue weighted by Gasteiger charge is 2.14. The first-order valence-corrected chi connectivity index (χ1v) is 6.00. The SMILES string of the molecule is C#CC(C)(O)/C=C/c1c(Cl)cc(OC)c(C)c1Cl. The Labute approximate surface area is 117 Å². The van der Waals surface area contributed by atoms with E-state index >= 15 is 0 Å². The Hall–Kier alpha value is -1.14.